The number of rotatable bonds is 4. The first-order chi connectivity index (χ1) is 10.8. The van der Waals surface area contributed by atoms with E-state index in [0.29, 0.717) is 0 Å². The van der Waals surface area contributed by atoms with Crippen LogP contribution in [-0.2, 0) is 0 Å². The fraction of sp³-hybridized carbons (Fsp3) is 1.00. The monoisotopic (exact) mass is 480 g/mol. The molecule has 0 aromatic carbocycles. The summed E-state index contributed by atoms with van der Waals surface area (Å²) in [6.07, 6.45) is -24.3. The second-order valence-corrected chi connectivity index (χ2v) is 4.45. The fourth-order valence-electron chi connectivity index (χ4n) is 1.34. The summed E-state index contributed by atoms with van der Waals surface area (Å²) < 4.78 is 222. The Morgan fingerprint density at radius 2 is 0.519 bits per heavy atom. The van der Waals surface area contributed by atoms with Gasteiger partial charge < -0.3 is 0 Å². The van der Waals surface area contributed by atoms with Gasteiger partial charge >= 0.3 is 85.6 Å². The van der Waals surface area contributed by atoms with Crippen molar-refractivity contribution < 1.29 is 79.0 Å². The van der Waals surface area contributed by atoms with Crippen molar-refractivity contribution in [1.82, 2.24) is 0 Å². The van der Waals surface area contributed by atoms with Crippen LogP contribution in [0.25, 0.3) is 0 Å². The molecule has 0 saturated carbocycles. The van der Waals surface area contributed by atoms with Crippen LogP contribution in [0.1, 0.15) is 0 Å². The molecule has 0 fully saturated rings. The molecular formula is C8H2CaF18. The van der Waals surface area contributed by atoms with Gasteiger partial charge in [0.15, 0.2) is 0 Å². The first-order valence-electron chi connectivity index (χ1n) is 5.15. The molecule has 0 aliphatic carbocycles. The van der Waals surface area contributed by atoms with E-state index in [1.165, 1.54) is 0 Å². The summed E-state index contributed by atoms with van der Waals surface area (Å²) in [6, 6.07) is 0. The van der Waals surface area contributed by atoms with Crippen LogP contribution in [0.2, 0.25) is 0 Å². The molecule has 0 radical (unpaired) electrons. The summed E-state index contributed by atoms with van der Waals surface area (Å²) in [4.78, 5) is 0. The van der Waals surface area contributed by atoms with Crippen LogP contribution in [0, 0.1) is 0 Å². The van der Waals surface area contributed by atoms with Gasteiger partial charge in [-0.15, -0.1) is 0 Å². The van der Waals surface area contributed by atoms with E-state index in [1.54, 1.807) is 0 Å². The van der Waals surface area contributed by atoms with E-state index in [2.05, 4.69) is 0 Å². The van der Waals surface area contributed by atoms with Gasteiger partial charge in [-0.3, -0.25) is 0 Å². The molecule has 0 heterocycles. The van der Waals surface area contributed by atoms with Gasteiger partial charge in [0, 0.05) is 0 Å². The molecule has 0 aliphatic rings. The zero-order valence-corrected chi connectivity index (χ0v) is 10.8. The average Bonchev–Trinajstić information content (AvgIpc) is 2.32. The van der Waals surface area contributed by atoms with Gasteiger partial charge in [0.05, 0.1) is 0 Å². The third kappa shape index (κ3) is 3.77. The van der Waals surface area contributed by atoms with Crippen LogP contribution in [0.15, 0.2) is 0 Å². The molecule has 0 aromatic rings. The molecule has 0 spiro atoms. The molecule has 0 amide bonds. The summed E-state index contributed by atoms with van der Waals surface area (Å²) in [6.45, 7) is 0. The maximum atomic E-state index is 13.2. The molecule has 0 rings (SSSR count). The zero-order chi connectivity index (χ0) is 22.0. The Balaban J connectivity index is 0. The van der Waals surface area contributed by atoms with Crippen molar-refractivity contribution in [2.75, 3.05) is 0 Å². The first kappa shape index (κ1) is 29.2. The fourth-order valence-corrected chi connectivity index (χ4v) is 1.34. The molecule has 162 valence electrons. The third-order valence-electron chi connectivity index (χ3n) is 2.76. The molecule has 0 N–H and O–H groups in total. The average molecular weight is 480 g/mol. The molecule has 0 nitrogen and oxygen atoms in total. The minimum atomic E-state index is -8.95. The van der Waals surface area contributed by atoms with Crippen LogP contribution < -0.4 is 0 Å². The van der Waals surface area contributed by atoms with Gasteiger partial charge in [0.25, 0.3) is 0 Å². The van der Waals surface area contributed by atoms with E-state index in [1.807, 2.05) is 0 Å². The van der Waals surface area contributed by atoms with E-state index >= 15 is 0 Å². The standard InChI is InChI=1S/C8F18.Ca.2H/c9-1(6(18,19)20,3(12,13)7(21,22)23)2(10,11)4(14,15)5(16,17)8(24,25)26;;;. The Kier molecular flexibility index (Phi) is 7.63. The predicted molar refractivity (Wildman–Crippen MR) is 50.3 cm³/mol. The number of hydrogen-bond donors (Lipinski definition) is 0. The van der Waals surface area contributed by atoms with Crippen LogP contribution in [-0.4, -0.2) is 85.6 Å². The Labute approximate surface area is 164 Å². The van der Waals surface area contributed by atoms with Crippen molar-refractivity contribution in [3.8, 4) is 0 Å². The number of alkyl halides is 18. The Morgan fingerprint density at radius 3 is 0.704 bits per heavy atom. The van der Waals surface area contributed by atoms with Crippen molar-refractivity contribution in [1.29, 1.82) is 0 Å². The number of halogens is 18. The van der Waals surface area contributed by atoms with Crippen LogP contribution in [0.4, 0.5) is 79.0 Å². The summed E-state index contributed by atoms with van der Waals surface area (Å²) in [5.41, 5.74) is -8.90. The van der Waals surface area contributed by atoms with Crippen molar-refractivity contribution in [3.05, 3.63) is 0 Å². The third-order valence-corrected chi connectivity index (χ3v) is 2.76. The van der Waals surface area contributed by atoms with Gasteiger partial charge in [-0.2, -0.15) is 74.6 Å². The Morgan fingerprint density at radius 1 is 0.259 bits per heavy atom. The van der Waals surface area contributed by atoms with Crippen molar-refractivity contribution in [2.24, 2.45) is 0 Å². The van der Waals surface area contributed by atoms with E-state index < -0.39 is 47.9 Å². The molecule has 0 bridgehead atoms. The van der Waals surface area contributed by atoms with Crippen LogP contribution in [0.5, 0.6) is 0 Å². The molecular weight excluding hydrogens is 478 g/mol. The summed E-state index contributed by atoms with van der Waals surface area (Å²) in [7, 11) is 0. The maximum absolute atomic E-state index is 13.2. The minimum absolute atomic E-state index is 0. The molecule has 0 saturated heterocycles. The number of hydrogen-bond acceptors (Lipinski definition) is 0. The van der Waals surface area contributed by atoms with E-state index in [-0.39, 0.29) is 37.7 Å². The van der Waals surface area contributed by atoms with Crippen LogP contribution in [0.3, 0.4) is 0 Å². The molecule has 1 atom stereocenters. The molecule has 27 heavy (non-hydrogen) atoms. The Bertz CT molecular complexity index is 521. The van der Waals surface area contributed by atoms with E-state index in [0.717, 1.165) is 0 Å². The SMILES string of the molecule is FC(F)(F)C(F)(F)C(F)(F)C(F)(F)C(F)(C(F)(F)F)C(F)(F)C(F)(F)F.[CaH2]. The van der Waals surface area contributed by atoms with E-state index in [9.17, 15) is 79.0 Å². The van der Waals surface area contributed by atoms with Gasteiger partial charge in [-0.1, -0.05) is 0 Å². The summed E-state index contributed by atoms with van der Waals surface area (Å²) >= 11 is 0. The predicted octanol–water partition coefficient (Wildman–Crippen LogP) is 5.01. The van der Waals surface area contributed by atoms with Crippen molar-refractivity contribution in [2.45, 2.75) is 47.9 Å². The molecule has 19 heteroatoms. The zero-order valence-electron chi connectivity index (χ0n) is 10.8. The Hall–Kier alpha value is -0.000260. The van der Waals surface area contributed by atoms with E-state index in [4.69, 9.17) is 0 Å². The molecule has 0 aliphatic heterocycles. The van der Waals surface area contributed by atoms with Gasteiger partial charge in [-0.25, -0.2) is 4.39 Å². The van der Waals surface area contributed by atoms with Gasteiger partial charge in [0.2, 0.25) is 0 Å². The van der Waals surface area contributed by atoms with Crippen LogP contribution >= 0.6 is 0 Å². The quantitative estimate of drug-likeness (QED) is 0.393. The molecule has 0 aromatic heterocycles. The second kappa shape index (κ2) is 7.05. The second-order valence-electron chi connectivity index (χ2n) is 4.45. The van der Waals surface area contributed by atoms with Gasteiger partial charge in [0.1, 0.15) is 0 Å². The summed E-state index contributed by atoms with van der Waals surface area (Å²) in [5, 5.41) is 0. The normalized spacial score (nSPS) is 18.0. The van der Waals surface area contributed by atoms with Crippen molar-refractivity contribution in [3.63, 3.8) is 0 Å². The van der Waals surface area contributed by atoms with Gasteiger partial charge in [-0.05, 0) is 0 Å². The topological polar surface area (TPSA) is 0 Å². The van der Waals surface area contributed by atoms with Crippen molar-refractivity contribution >= 4 is 37.7 Å². The molecule has 1 unspecified atom stereocenters. The first-order valence-corrected chi connectivity index (χ1v) is 5.15. The summed E-state index contributed by atoms with van der Waals surface area (Å²) in [5.74, 6) is -34.6.